The summed E-state index contributed by atoms with van der Waals surface area (Å²) < 4.78 is 40.0. The van der Waals surface area contributed by atoms with Gasteiger partial charge in [-0.2, -0.15) is 34.9 Å². The molecule has 19 aromatic rings. The zero-order chi connectivity index (χ0) is 86.3. The highest BCUT2D eigenvalue weighted by Gasteiger charge is 2.18. The van der Waals surface area contributed by atoms with Crippen molar-refractivity contribution in [3.05, 3.63) is 255 Å². The first kappa shape index (κ1) is 86.4. The Bertz CT molecular complexity index is 6450. The molecule has 2 unspecified atom stereocenters. The van der Waals surface area contributed by atoms with Crippen LogP contribution in [0.15, 0.2) is 216 Å². The molecule has 0 bridgehead atoms. The van der Waals surface area contributed by atoms with Crippen molar-refractivity contribution in [1.82, 2.24) is 140 Å². The number of nitrogens with one attached hydrogen (secondary N) is 7. The molecule has 634 valence electrons. The van der Waals surface area contributed by atoms with Gasteiger partial charge in [0.15, 0.2) is 39.5 Å². The molecule has 19 rings (SSSR count). The molecule has 0 spiro atoms. The number of unbranched alkanes of at least 4 members (excludes halogenated alkanes) is 1. The summed E-state index contributed by atoms with van der Waals surface area (Å²) in [4.78, 5) is 106. The lowest BCUT2D eigenvalue weighted by atomic mass is 9.87. The maximum Gasteiger partial charge on any atom is 0.248 e. The lowest BCUT2D eigenvalue weighted by Gasteiger charge is -2.19. The van der Waals surface area contributed by atoms with Gasteiger partial charge >= 0.3 is 0 Å². The van der Waals surface area contributed by atoms with Crippen LogP contribution in [0.25, 0.3) is 78.1 Å². The summed E-state index contributed by atoms with van der Waals surface area (Å²) in [5.74, 6) is 6.33. The second-order valence-corrected chi connectivity index (χ2v) is 29.3. The molecule has 35 heteroatoms. The van der Waals surface area contributed by atoms with Crippen LogP contribution in [0, 0.1) is 25.7 Å². The first-order chi connectivity index (χ1) is 60.7. The Morgan fingerprint density at radius 2 is 0.702 bits per heavy atom. The number of hydrogen-bond donors (Lipinski definition) is 7. The summed E-state index contributed by atoms with van der Waals surface area (Å²) in [5, 5.41) is 0. The Morgan fingerprint density at radius 1 is 0.331 bits per heavy atom. The summed E-state index contributed by atoms with van der Waals surface area (Å²) in [6.07, 6.45) is 28.3. The number of para-hydroxylation sites is 1. The van der Waals surface area contributed by atoms with E-state index in [2.05, 4.69) is 263 Å². The minimum absolute atomic E-state index is 0.129. The molecule has 0 aliphatic heterocycles. The van der Waals surface area contributed by atoms with Crippen LogP contribution < -0.4 is 33.2 Å². The van der Waals surface area contributed by atoms with Gasteiger partial charge < -0.3 is 68.0 Å². The molecule has 14 aromatic heterocycles. The quantitative estimate of drug-likeness (QED) is 0.0279. The molecule has 35 nitrogen and oxygen atoms in total. The van der Waals surface area contributed by atoms with Crippen molar-refractivity contribution in [2.75, 3.05) is 13.2 Å². The fourth-order valence-electron chi connectivity index (χ4n) is 12.0. The number of nitrogens with zero attached hydrogens (tertiary/aromatic N) is 21. The fourth-order valence-corrected chi connectivity index (χ4v) is 12.0. The lowest BCUT2D eigenvalue weighted by molar-refractivity contribution is 0.228. The van der Waals surface area contributed by atoms with Crippen LogP contribution in [-0.2, 0) is 31.7 Å². The third kappa shape index (κ3) is 24.0. The number of aromatic amines is 7. The Morgan fingerprint density at radius 3 is 1.10 bits per heavy atom. The molecule has 2 atom stereocenters. The van der Waals surface area contributed by atoms with Gasteiger partial charge in [0.05, 0.1) is 57.5 Å². The van der Waals surface area contributed by atoms with Crippen LogP contribution in [0.2, 0.25) is 0 Å². The second kappa shape index (κ2) is 43.5. The van der Waals surface area contributed by atoms with E-state index >= 15 is 0 Å². The third-order valence-electron chi connectivity index (χ3n) is 19.3. The molecular formula is C89H96N28O7. The number of benzene rings is 5. The Balaban J connectivity index is 0.000000124. The average molecular weight is 1670 g/mol. The Labute approximate surface area is 712 Å². The van der Waals surface area contributed by atoms with Crippen LogP contribution in [-0.4, -0.2) is 153 Å². The largest absolute Gasteiger partial charge is 0.476 e. The first-order valence-electron chi connectivity index (χ1n) is 40.5. The van der Waals surface area contributed by atoms with Gasteiger partial charge in [0.25, 0.3) is 0 Å². The number of ether oxygens (including phenoxy) is 7. The summed E-state index contributed by atoms with van der Waals surface area (Å²) in [5.41, 5.74) is 18.0. The SMILES string of the molecule is CC(C)(C)c1ccc(Oc2ncnc3nc[nH]c23)cc1.CCC(C)COc1ncnc2nc[nH]c12.CCCCC(CC)COc1ncnc2nc[nH]c12.CCc1ccc(COc2ncnc3nc[nH]c23)cc1.Cc1cccc(COc2ncnc3nc[nH]c23)c1.Cc1ccccc1COc1ncnc2nc[nH]c12.c1ccc(Oc2ncnc3nc[nH]c23)cc1. The highest BCUT2D eigenvalue weighted by atomic mass is 16.5. The zero-order valence-electron chi connectivity index (χ0n) is 70.4. The van der Waals surface area contributed by atoms with Gasteiger partial charge in [-0.1, -0.05) is 190 Å². The monoisotopic (exact) mass is 1670 g/mol. The minimum Gasteiger partial charge on any atom is -0.476 e. The Hall–Kier alpha value is -15.5. The van der Waals surface area contributed by atoms with E-state index in [9.17, 15) is 0 Å². The number of fused-ring (bicyclic) bond motifs is 7. The molecule has 0 fully saturated rings. The van der Waals surface area contributed by atoms with E-state index in [1.54, 1.807) is 44.3 Å². The van der Waals surface area contributed by atoms with E-state index in [0.717, 1.165) is 75.0 Å². The highest BCUT2D eigenvalue weighted by Crippen LogP contribution is 2.31. The molecular weight excluding hydrogens is 1570 g/mol. The van der Waals surface area contributed by atoms with E-state index in [1.165, 1.54) is 85.8 Å². The van der Waals surface area contributed by atoms with Gasteiger partial charge in [-0.15, -0.1) is 0 Å². The van der Waals surface area contributed by atoms with Gasteiger partial charge in [0.1, 0.15) is 114 Å². The predicted molar refractivity (Wildman–Crippen MR) is 468 cm³/mol. The van der Waals surface area contributed by atoms with Crippen molar-refractivity contribution < 1.29 is 33.2 Å². The van der Waals surface area contributed by atoms with Gasteiger partial charge in [0, 0.05) is 0 Å². The number of H-pyrrole nitrogens is 7. The van der Waals surface area contributed by atoms with Crippen LogP contribution in [0.3, 0.4) is 0 Å². The standard InChI is InChI=1S/C15H16N4O.C14H14N4O.2C13H12N4O.C13H20N4O.C11H8N4O.C10H14N4O/c1-15(2,3)10-4-6-11(7-5-10)20-14-12-13(17-8-16-12)18-9-19-14;1-2-10-3-5-11(6-4-10)7-19-14-12-13(16-8-15-12)17-9-18-14;1-9-3-2-4-10(5-9)6-18-13-11-12(15-7-14-11)16-8-17-13;1-9-4-2-3-5-10(9)6-18-13-11-12(15-7-14-11)16-8-17-13;1-3-5-6-10(4-2)7-18-13-11-12(15-8-14-11)16-9-17-13;1-2-4-8(5-3-1)16-11-9-10(13-6-12-9)14-7-15-11;1-3-7(2)4-15-10-8-9(12-5-11-8)13-6-14-10/h4-9H,1-3H3,(H,16,17,18,19);3-6,8-9H,2,7H2,1H3,(H,15,16,17,18);2*2-5,7-8H,6H2,1H3,(H,14,15,16,17);8-10H,3-7H2,1-2H3,(H,14,15,16,17);1-7H,(H,12,13,14,15);5-7H,3-4H2,1-2H3,(H,11,12,13,14). The van der Waals surface area contributed by atoms with Crippen molar-refractivity contribution in [3.8, 4) is 52.7 Å². The maximum absolute atomic E-state index is 5.81. The molecule has 7 N–H and O–H groups in total. The number of hydrogen-bond acceptors (Lipinski definition) is 28. The number of aromatic nitrogens is 28. The number of rotatable bonds is 25. The van der Waals surface area contributed by atoms with E-state index in [0.29, 0.717) is 137 Å². The molecule has 0 radical (unpaired) electrons. The fraction of sp³-hybridized carbons (Fsp3) is 0.270. The lowest BCUT2D eigenvalue weighted by Crippen LogP contribution is -2.12. The number of imidazole rings is 7. The molecule has 14 heterocycles. The topological polar surface area (TPSA) is 446 Å². The summed E-state index contributed by atoms with van der Waals surface area (Å²) in [6.45, 7) is 24.3. The predicted octanol–water partition coefficient (Wildman–Crippen LogP) is 17.3. The summed E-state index contributed by atoms with van der Waals surface area (Å²) in [7, 11) is 0. The van der Waals surface area contributed by atoms with E-state index in [4.69, 9.17) is 33.2 Å². The third-order valence-corrected chi connectivity index (χ3v) is 19.3. The van der Waals surface area contributed by atoms with Crippen molar-refractivity contribution >= 4 is 78.1 Å². The van der Waals surface area contributed by atoms with Crippen molar-refractivity contribution in [2.45, 2.75) is 133 Å². The molecule has 0 saturated carbocycles. The summed E-state index contributed by atoms with van der Waals surface area (Å²) in [6, 6.07) is 42.2. The van der Waals surface area contributed by atoms with Crippen LogP contribution in [0.1, 0.15) is 126 Å². The molecule has 124 heavy (non-hydrogen) atoms. The van der Waals surface area contributed by atoms with Gasteiger partial charge in [0.2, 0.25) is 41.2 Å². The Kier molecular flexibility index (Phi) is 30.3. The van der Waals surface area contributed by atoms with E-state index < -0.39 is 0 Å². The first-order valence-corrected chi connectivity index (χ1v) is 40.5. The summed E-state index contributed by atoms with van der Waals surface area (Å²) >= 11 is 0. The molecule has 5 aromatic carbocycles. The minimum atomic E-state index is 0.129. The van der Waals surface area contributed by atoms with Crippen LogP contribution in [0.5, 0.6) is 52.7 Å². The highest BCUT2D eigenvalue weighted by molar-refractivity contribution is 5.79. The molecule has 0 saturated heterocycles. The second-order valence-electron chi connectivity index (χ2n) is 29.3. The van der Waals surface area contributed by atoms with Gasteiger partial charge in [-0.25, -0.2) is 69.8 Å². The van der Waals surface area contributed by atoms with Crippen molar-refractivity contribution in [2.24, 2.45) is 11.8 Å². The van der Waals surface area contributed by atoms with E-state index in [1.807, 2.05) is 72.8 Å². The molecule has 0 aliphatic rings. The average Bonchev–Trinajstić information content (AvgIpc) is 1.78. The maximum atomic E-state index is 5.81. The van der Waals surface area contributed by atoms with Gasteiger partial charge in [-0.05, 0) is 102 Å². The van der Waals surface area contributed by atoms with Crippen molar-refractivity contribution in [1.29, 1.82) is 0 Å². The normalized spacial score (nSPS) is 11.4. The molecule has 0 aliphatic carbocycles. The van der Waals surface area contributed by atoms with Gasteiger partial charge in [-0.3, -0.25) is 0 Å². The van der Waals surface area contributed by atoms with Crippen molar-refractivity contribution in [3.63, 3.8) is 0 Å². The molecule has 0 amide bonds. The smallest absolute Gasteiger partial charge is 0.248 e. The zero-order valence-corrected chi connectivity index (χ0v) is 70.4. The van der Waals surface area contributed by atoms with E-state index in [-0.39, 0.29) is 5.41 Å². The number of aryl methyl sites for hydroxylation is 3. The van der Waals surface area contributed by atoms with Crippen LogP contribution in [0.4, 0.5) is 0 Å². The van der Waals surface area contributed by atoms with Crippen LogP contribution >= 0.6 is 0 Å².